The highest BCUT2D eigenvalue weighted by atomic mass is 19.1. The molecule has 0 aliphatic heterocycles. The van der Waals surface area contributed by atoms with Crippen molar-refractivity contribution in [2.24, 2.45) is 5.92 Å². The third-order valence-corrected chi connectivity index (χ3v) is 2.94. The third kappa shape index (κ3) is 2.16. The van der Waals surface area contributed by atoms with Gasteiger partial charge in [-0.1, -0.05) is 12.1 Å². The van der Waals surface area contributed by atoms with Crippen molar-refractivity contribution in [1.29, 1.82) is 0 Å². The molecule has 0 saturated heterocycles. The molecule has 0 unspecified atom stereocenters. The number of aromatic nitrogens is 2. The number of aromatic amines is 1. The average Bonchev–Trinajstić information content (AvgIpc) is 3.01. The Morgan fingerprint density at radius 3 is 3.00 bits per heavy atom. The molecule has 3 rings (SSSR count). The first kappa shape index (κ1) is 10.3. The molecule has 0 atom stereocenters. The highest BCUT2D eigenvalue weighted by molar-refractivity contribution is 5.64. The van der Waals surface area contributed by atoms with Gasteiger partial charge in [0.1, 0.15) is 0 Å². The average molecular weight is 232 g/mol. The predicted octanol–water partition coefficient (Wildman–Crippen LogP) is 3.00. The lowest BCUT2D eigenvalue weighted by Crippen LogP contribution is -2.01. The van der Waals surface area contributed by atoms with Gasteiger partial charge in [-0.3, -0.25) is 5.10 Å². The molecule has 88 valence electrons. The molecular weight excluding hydrogens is 219 g/mol. The Labute approximate surface area is 98.6 Å². The van der Waals surface area contributed by atoms with Crippen molar-refractivity contribution >= 4 is 0 Å². The van der Waals surface area contributed by atoms with Crippen molar-refractivity contribution < 1.29 is 9.13 Å². The first-order chi connectivity index (χ1) is 8.34. The van der Waals surface area contributed by atoms with Crippen LogP contribution < -0.4 is 4.74 Å². The summed E-state index contributed by atoms with van der Waals surface area (Å²) in [6.45, 7) is 0.617. The maximum absolute atomic E-state index is 14.1. The maximum atomic E-state index is 14.1. The Kier molecular flexibility index (Phi) is 2.55. The van der Waals surface area contributed by atoms with Gasteiger partial charge in [0.2, 0.25) is 0 Å². The van der Waals surface area contributed by atoms with E-state index < -0.39 is 0 Å². The fourth-order valence-corrected chi connectivity index (χ4v) is 1.74. The van der Waals surface area contributed by atoms with Crippen molar-refractivity contribution in [3.63, 3.8) is 0 Å². The van der Waals surface area contributed by atoms with Crippen LogP contribution in [-0.4, -0.2) is 16.8 Å². The van der Waals surface area contributed by atoms with Crippen molar-refractivity contribution in [3.8, 4) is 16.9 Å². The van der Waals surface area contributed by atoms with Crippen LogP contribution in [0.15, 0.2) is 30.6 Å². The van der Waals surface area contributed by atoms with Crippen LogP contribution in [-0.2, 0) is 0 Å². The van der Waals surface area contributed by atoms with Crippen LogP contribution >= 0.6 is 0 Å². The number of ether oxygens (including phenoxy) is 1. The van der Waals surface area contributed by atoms with Crippen LogP contribution in [0.5, 0.6) is 5.75 Å². The standard InChI is InChI=1S/C13H13FN2O/c14-13-11(10-6-15-16-7-10)2-1-3-12(13)17-8-9-4-5-9/h1-3,6-7,9H,4-5,8H2,(H,15,16). The van der Waals surface area contributed by atoms with Crippen molar-refractivity contribution in [2.75, 3.05) is 6.61 Å². The Morgan fingerprint density at radius 1 is 1.41 bits per heavy atom. The monoisotopic (exact) mass is 232 g/mol. The Bertz CT molecular complexity index is 506. The molecule has 1 aromatic heterocycles. The van der Waals surface area contributed by atoms with E-state index in [1.54, 1.807) is 30.6 Å². The summed E-state index contributed by atoms with van der Waals surface area (Å²) in [4.78, 5) is 0. The summed E-state index contributed by atoms with van der Waals surface area (Å²) in [6.07, 6.45) is 5.66. The van der Waals surface area contributed by atoms with E-state index in [4.69, 9.17) is 4.74 Å². The second-order valence-corrected chi connectivity index (χ2v) is 4.36. The highest BCUT2D eigenvalue weighted by Crippen LogP contribution is 2.32. The minimum atomic E-state index is -0.311. The number of hydrogen-bond donors (Lipinski definition) is 1. The number of nitrogens with one attached hydrogen (secondary N) is 1. The first-order valence-electron chi connectivity index (χ1n) is 5.75. The van der Waals surface area contributed by atoms with E-state index in [0.717, 1.165) is 5.56 Å². The third-order valence-electron chi connectivity index (χ3n) is 2.94. The van der Waals surface area contributed by atoms with Crippen LogP contribution in [0.25, 0.3) is 11.1 Å². The molecule has 3 nitrogen and oxygen atoms in total. The van der Waals surface area contributed by atoms with Crippen molar-refractivity contribution in [3.05, 3.63) is 36.4 Å². The molecule has 1 aliphatic carbocycles. The van der Waals surface area contributed by atoms with Gasteiger partial charge in [-0.15, -0.1) is 0 Å². The Balaban J connectivity index is 1.86. The lowest BCUT2D eigenvalue weighted by Gasteiger charge is -2.08. The predicted molar refractivity (Wildman–Crippen MR) is 62.2 cm³/mol. The summed E-state index contributed by atoms with van der Waals surface area (Å²) in [7, 11) is 0. The van der Waals surface area contributed by atoms with Gasteiger partial charge >= 0.3 is 0 Å². The zero-order chi connectivity index (χ0) is 11.7. The van der Waals surface area contributed by atoms with E-state index >= 15 is 0 Å². The van der Waals surface area contributed by atoms with Gasteiger partial charge in [0.05, 0.1) is 12.8 Å². The second-order valence-electron chi connectivity index (χ2n) is 4.36. The molecule has 2 aromatic rings. The van der Waals surface area contributed by atoms with Gasteiger partial charge in [0.25, 0.3) is 0 Å². The zero-order valence-electron chi connectivity index (χ0n) is 9.32. The van der Waals surface area contributed by atoms with Crippen LogP contribution in [0, 0.1) is 11.7 Å². The SMILES string of the molecule is Fc1c(OCC2CC2)cccc1-c1cn[nH]c1. The molecule has 1 N–H and O–H groups in total. The van der Waals surface area contributed by atoms with Crippen LogP contribution in [0.2, 0.25) is 0 Å². The number of benzene rings is 1. The molecule has 4 heteroatoms. The summed E-state index contributed by atoms with van der Waals surface area (Å²) in [5.74, 6) is 0.636. The Hall–Kier alpha value is -1.84. The molecule has 1 aromatic carbocycles. The summed E-state index contributed by atoms with van der Waals surface area (Å²) in [5.41, 5.74) is 1.26. The molecule has 1 saturated carbocycles. The highest BCUT2D eigenvalue weighted by Gasteiger charge is 2.22. The minimum Gasteiger partial charge on any atom is -0.490 e. The first-order valence-corrected chi connectivity index (χ1v) is 5.75. The largest absolute Gasteiger partial charge is 0.490 e. The summed E-state index contributed by atoms with van der Waals surface area (Å²) in [6, 6.07) is 5.19. The molecule has 0 radical (unpaired) electrons. The second kappa shape index (κ2) is 4.20. The van der Waals surface area contributed by atoms with E-state index in [9.17, 15) is 4.39 Å². The van der Waals surface area contributed by atoms with Crippen LogP contribution in [0.4, 0.5) is 4.39 Å². The van der Waals surface area contributed by atoms with Crippen molar-refractivity contribution in [1.82, 2.24) is 10.2 Å². The van der Waals surface area contributed by atoms with E-state index in [0.29, 0.717) is 23.8 Å². The van der Waals surface area contributed by atoms with Gasteiger partial charge in [-0.05, 0) is 24.8 Å². The van der Waals surface area contributed by atoms with Crippen LogP contribution in [0.1, 0.15) is 12.8 Å². The fourth-order valence-electron chi connectivity index (χ4n) is 1.74. The minimum absolute atomic E-state index is 0.311. The van der Waals surface area contributed by atoms with Gasteiger partial charge in [0.15, 0.2) is 11.6 Å². The molecule has 0 spiro atoms. The number of hydrogen-bond acceptors (Lipinski definition) is 2. The van der Waals surface area contributed by atoms with E-state index in [-0.39, 0.29) is 5.82 Å². The van der Waals surface area contributed by atoms with E-state index in [1.165, 1.54) is 12.8 Å². The number of halogens is 1. The Morgan fingerprint density at radius 2 is 2.29 bits per heavy atom. The normalized spacial score (nSPS) is 14.9. The lowest BCUT2D eigenvalue weighted by atomic mass is 10.1. The van der Waals surface area contributed by atoms with Gasteiger partial charge in [-0.25, -0.2) is 4.39 Å². The quantitative estimate of drug-likeness (QED) is 0.879. The summed E-state index contributed by atoms with van der Waals surface area (Å²) < 4.78 is 19.6. The number of rotatable bonds is 4. The molecule has 17 heavy (non-hydrogen) atoms. The molecule has 0 bridgehead atoms. The molecule has 1 fully saturated rings. The van der Waals surface area contributed by atoms with Crippen LogP contribution in [0.3, 0.4) is 0 Å². The zero-order valence-corrected chi connectivity index (χ0v) is 9.32. The molecular formula is C13H13FN2O. The number of H-pyrrole nitrogens is 1. The van der Waals surface area contributed by atoms with E-state index in [1.807, 2.05) is 0 Å². The summed E-state index contributed by atoms with van der Waals surface area (Å²) >= 11 is 0. The van der Waals surface area contributed by atoms with Crippen molar-refractivity contribution in [2.45, 2.75) is 12.8 Å². The molecule has 1 aliphatic rings. The summed E-state index contributed by atoms with van der Waals surface area (Å²) in [5, 5.41) is 6.50. The fraction of sp³-hybridized carbons (Fsp3) is 0.308. The van der Waals surface area contributed by atoms with Gasteiger partial charge in [0, 0.05) is 17.3 Å². The molecule has 1 heterocycles. The van der Waals surface area contributed by atoms with Gasteiger partial charge < -0.3 is 4.74 Å². The maximum Gasteiger partial charge on any atom is 0.172 e. The smallest absolute Gasteiger partial charge is 0.172 e. The molecule has 0 amide bonds. The van der Waals surface area contributed by atoms with E-state index in [2.05, 4.69) is 10.2 Å². The van der Waals surface area contributed by atoms with Gasteiger partial charge in [-0.2, -0.15) is 5.10 Å². The lowest BCUT2D eigenvalue weighted by molar-refractivity contribution is 0.286. The topological polar surface area (TPSA) is 37.9 Å². The number of nitrogens with zero attached hydrogens (tertiary/aromatic N) is 1.